The van der Waals surface area contributed by atoms with Crippen LogP contribution in [0.3, 0.4) is 0 Å². The number of halogens is 2. The normalized spacial score (nSPS) is 14.4. The molecule has 0 fully saturated rings. The van der Waals surface area contributed by atoms with Gasteiger partial charge < -0.3 is 15.6 Å². The van der Waals surface area contributed by atoms with Crippen LogP contribution in [-0.2, 0) is 17.8 Å². The molecule has 1 amide bonds. The van der Waals surface area contributed by atoms with Gasteiger partial charge in [-0.05, 0) is 35.7 Å². The maximum Gasteiger partial charge on any atom is 0.244 e. The predicted octanol–water partition coefficient (Wildman–Crippen LogP) is 4.26. The number of aromatic amines is 1. The van der Waals surface area contributed by atoms with E-state index >= 15 is 0 Å². The Labute approximate surface area is 162 Å². The number of carbonyl (C=O) groups excluding carboxylic acids is 1. The van der Waals surface area contributed by atoms with Crippen molar-refractivity contribution >= 4 is 40.0 Å². The fourth-order valence-electron chi connectivity index (χ4n) is 3.40. The van der Waals surface area contributed by atoms with Crippen molar-refractivity contribution in [2.24, 2.45) is 5.73 Å². The average Bonchev–Trinajstić information content (AvgIpc) is 3.06. The summed E-state index contributed by atoms with van der Waals surface area (Å²) in [5, 5.41) is 1.88. The van der Waals surface area contributed by atoms with Gasteiger partial charge in [0.25, 0.3) is 0 Å². The molecule has 4 nitrogen and oxygen atoms in total. The molecular formula is C20H21Cl2N3O. The third kappa shape index (κ3) is 3.58. The van der Waals surface area contributed by atoms with Gasteiger partial charge in [0.1, 0.15) is 6.04 Å². The minimum absolute atomic E-state index is 0.0384. The topological polar surface area (TPSA) is 62.1 Å². The van der Waals surface area contributed by atoms with Gasteiger partial charge in [0.05, 0.1) is 6.54 Å². The third-order valence-corrected chi connectivity index (χ3v) is 4.91. The highest BCUT2D eigenvalue weighted by atomic mass is 35.5. The molecule has 3 aromatic rings. The van der Waals surface area contributed by atoms with Crippen LogP contribution in [0.1, 0.15) is 22.9 Å². The summed E-state index contributed by atoms with van der Waals surface area (Å²) in [6, 6.07) is 14.7. The number of amides is 1. The minimum atomic E-state index is -0.619. The van der Waals surface area contributed by atoms with Gasteiger partial charge in [-0.15, -0.1) is 11.6 Å². The number of alkyl halides is 1. The van der Waals surface area contributed by atoms with Gasteiger partial charge in [-0.2, -0.15) is 0 Å². The van der Waals surface area contributed by atoms with Crippen LogP contribution in [0.2, 0.25) is 5.02 Å². The molecule has 2 heterocycles. The number of nitrogens with two attached hydrogens (primary N) is 1. The Kier molecular flexibility index (Phi) is 5.87. The number of hydrogen-bond donors (Lipinski definition) is 2. The van der Waals surface area contributed by atoms with Gasteiger partial charge in [-0.25, -0.2) is 0 Å². The summed E-state index contributed by atoms with van der Waals surface area (Å²) in [4.78, 5) is 18.0. The van der Waals surface area contributed by atoms with Gasteiger partial charge >= 0.3 is 0 Å². The summed E-state index contributed by atoms with van der Waals surface area (Å²) in [7, 11) is 0. The van der Waals surface area contributed by atoms with Crippen LogP contribution in [0.5, 0.6) is 0 Å². The molecule has 0 aliphatic carbocycles. The van der Waals surface area contributed by atoms with E-state index in [4.69, 9.17) is 17.3 Å². The van der Waals surface area contributed by atoms with E-state index in [9.17, 15) is 4.79 Å². The number of rotatable bonds is 2. The Morgan fingerprint density at radius 3 is 2.65 bits per heavy atom. The number of benzene rings is 2. The second kappa shape index (κ2) is 8.12. The Balaban J connectivity index is 0.000000948. The molecule has 1 aliphatic heterocycles. The van der Waals surface area contributed by atoms with Crippen LogP contribution in [0.25, 0.3) is 10.9 Å². The highest BCUT2D eigenvalue weighted by molar-refractivity contribution is 6.31. The van der Waals surface area contributed by atoms with Crippen molar-refractivity contribution in [2.75, 3.05) is 12.9 Å². The average molecular weight is 390 g/mol. The van der Waals surface area contributed by atoms with Crippen LogP contribution >= 0.6 is 23.2 Å². The summed E-state index contributed by atoms with van der Waals surface area (Å²) >= 11 is 10.8. The molecular weight excluding hydrogens is 369 g/mol. The van der Waals surface area contributed by atoms with E-state index in [0.717, 1.165) is 33.6 Å². The smallest absolute Gasteiger partial charge is 0.244 e. The molecule has 1 unspecified atom stereocenters. The SMILES string of the molecule is CCl.NC(C(=O)N1CCc2c([nH]c3ccc(Cl)cc23)C1)c1ccccc1. The van der Waals surface area contributed by atoms with E-state index in [-0.39, 0.29) is 5.91 Å². The molecule has 3 N–H and O–H groups in total. The van der Waals surface area contributed by atoms with E-state index in [1.807, 2.05) is 53.4 Å². The standard InChI is InChI=1S/C19H18ClN3O.CH3Cl/c20-13-6-7-16-15(10-13)14-8-9-23(11-17(14)22-16)19(24)18(21)12-4-2-1-3-5-12;1-2/h1-7,10,18,22H,8-9,11,21H2;1H3. The van der Waals surface area contributed by atoms with Crippen LogP contribution in [0.4, 0.5) is 0 Å². The van der Waals surface area contributed by atoms with Crippen molar-refractivity contribution in [1.82, 2.24) is 9.88 Å². The molecule has 2 aromatic carbocycles. The molecule has 0 saturated heterocycles. The maximum absolute atomic E-state index is 12.7. The van der Waals surface area contributed by atoms with E-state index in [1.54, 1.807) is 0 Å². The summed E-state index contributed by atoms with van der Waals surface area (Å²) < 4.78 is 0. The van der Waals surface area contributed by atoms with Crippen LogP contribution in [0.15, 0.2) is 48.5 Å². The van der Waals surface area contributed by atoms with Gasteiger partial charge in [0.2, 0.25) is 5.91 Å². The van der Waals surface area contributed by atoms with E-state index in [0.29, 0.717) is 13.1 Å². The first kappa shape index (κ1) is 18.8. The Bertz CT molecular complexity index is 908. The monoisotopic (exact) mass is 389 g/mol. The molecule has 0 saturated carbocycles. The van der Waals surface area contributed by atoms with E-state index in [2.05, 4.69) is 16.6 Å². The first-order chi connectivity index (χ1) is 12.6. The fraction of sp³-hybridized carbons (Fsp3) is 0.250. The van der Waals surface area contributed by atoms with Crippen molar-refractivity contribution in [2.45, 2.75) is 19.0 Å². The van der Waals surface area contributed by atoms with Crippen molar-refractivity contribution in [3.63, 3.8) is 0 Å². The Morgan fingerprint density at radius 1 is 1.19 bits per heavy atom. The van der Waals surface area contributed by atoms with Crippen molar-refractivity contribution in [3.8, 4) is 0 Å². The lowest BCUT2D eigenvalue weighted by Crippen LogP contribution is -2.41. The van der Waals surface area contributed by atoms with Crippen LogP contribution in [-0.4, -0.2) is 28.7 Å². The van der Waals surface area contributed by atoms with E-state index < -0.39 is 6.04 Å². The zero-order chi connectivity index (χ0) is 18.7. The first-order valence-corrected chi connectivity index (χ1v) is 9.53. The molecule has 6 heteroatoms. The number of hydrogen-bond acceptors (Lipinski definition) is 2. The molecule has 136 valence electrons. The molecule has 1 aromatic heterocycles. The Hall–Kier alpha value is -2.01. The minimum Gasteiger partial charge on any atom is -0.357 e. The number of carbonyl (C=O) groups is 1. The largest absolute Gasteiger partial charge is 0.357 e. The lowest BCUT2D eigenvalue weighted by molar-refractivity contribution is -0.133. The summed E-state index contributed by atoms with van der Waals surface area (Å²) in [5.41, 5.74) is 10.4. The second-order valence-electron chi connectivity index (χ2n) is 6.17. The Morgan fingerprint density at radius 2 is 1.92 bits per heavy atom. The predicted molar refractivity (Wildman–Crippen MR) is 108 cm³/mol. The molecule has 0 bridgehead atoms. The summed E-state index contributed by atoms with van der Waals surface area (Å²) in [6.45, 7) is 1.23. The van der Waals surface area contributed by atoms with Gasteiger partial charge in [-0.3, -0.25) is 4.79 Å². The number of nitrogens with zero attached hydrogens (tertiary/aromatic N) is 1. The van der Waals surface area contributed by atoms with Gasteiger partial charge in [0, 0.05) is 34.5 Å². The second-order valence-corrected chi connectivity index (χ2v) is 6.61. The van der Waals surface area contributed by atoms with Crippen LogP contribution < -0.4 is 5.73 Å². The maximum atomic E-state index is 12.7. The quantitative estimate of drug-likeness (QED) is 0.643. The molecule has 1 atom stereocenters. The zero-order valence-electron chi connectivity index (χ0n) is 14.5. The zero-order valence-corrected chi connectivity index (χ0v) is 16.0. The summed E-state index contributed by atoms with van der Waals surface area (Å²) in [5.74, 6) is -0.0384. The highest BCUT2D eigenvalue weighted by Crippen LogP contribution is 2.30. The number of H-pyrrole nitrogens is 1. The van der Waals surface area contributed by atoms with E-state index in [1.165, 1.54) is 11.9 Å². The third-order valence-electron chi connectivity index (χ3n) is 4.67. The lowest BCUT2D eigenvalue weighted by Gasteiger charge is -2.29. The molecule has 0 radical (unpaired) electrons. The molecule has 0 spiro atoms. The van der Waals surface area contributed by atoms with Crippen molar-refractivity contribution in [1.29, 1.82) is 0 Å². The van der Waals surface area contributed by atoms with Crippen LogP contribution in [0, 0.1) is 0 Å². The number of aromatic nitrogens is 1. The van der Waals surface area contributed by atoms with Gasteiger partial charge in [-0.1, -0.05) is 41.9 Å². The number of fused-ring (bicyclic) bond motifs is 3. The molecule has 4 rings (SSSR count). The fourth-order valence-corrected chi connectivity index (χ4v) is 3.57. The van der Waals surface area contributed by atoms with Gasteiger partial charge in [0.15, 0.2) is 0 Å². The highest BCUT2D eigenvalue weighted by Gasteiger charge is 2.27. The van der Waals surface area contributed by atoms with Crippen molar-refractivity contribution < 1.29 is 4.79 Å². The first-order valence-electron chi connectivity index (χ1n) is 8.39. The molecule has 1 aliphatic rings. The lowest BCUT2D eigenvalue weighted by atomic mass is 10.0. The molecule has 26 heavy (non-hydrogen) atoms. The number of nitrogens with one attached hydrogen (secondary N) is 1. The summed E-state index contributed by atoms with van der Waals surface area (Å²) in [6.07, 6.45) is 2.28. The van der Waals surface area contributed by atoms with Crippen molar-refractivity contribution in [3.05, 3.63) is 70.4 Å².